The summed E-state index contributed by atoms with van der Waals surface area (Å²) >= 11 is 0. The van der Waals surface area contributed by atoms with Crippen LogP contribution in [-0.4, -0.2) is 38.0 Å². The summed E-state index contributed by atoms with van der Waals surface area (Å²) in [6.07, 6.45) is 5.02. The highest BCUT2D eigenvalue weighted by Gasteiger charge is 2.25. The molecule has 102 valence electrons. The molecule has 1 aromatic rings. The van der Waals surface area contributed by atoms with E-state index < -0.39 is 9.84 Å². The van der Waals surface area contributed by atoms with Gasteiger partial charge in [-0.2, -0.15) is 5.26 Å². The predicted molar refractivity (Wildman–Crippen MR) is 73.6 cm³/mol. The zero-order valence-electron chi connectivity index (χ0n) is 10.9. The van der Waals surface area contributed by atoms with Gasteiger partial charge in [0.25, 0.3) is 0 Å². The van der Waals surface area contributed by atoms with Crippen LogP contribution < -0.4 is 4.90 Å². The van der Waals surface area contributed by atoms with Crippen molar-refractivity contribution in [2.45, 2.75) is 24.5 Å². The van der Waals surface area contributed by atoms with Crippen molar-refractivity contribution in [2.24, 2.45) is 0 Å². The molecule has 6 heteroatoms. The third kappa shape index (κ3) is 3.24. The van der Waals surface area contributed by atoms with Gasteiger partial charge in [0.15, 0.2) is 5.69 Å². The van der Waals surface area contributed by atoms with Crippen molar-refractivity contribution in [3.63, 3.8) is 0 Å². The molecule has 19 heavy (non-hydrogen) atoms. The van der Waals surface area contributed by atoms with Crippen LogP contribution in [0.5, 0.6) is 0 Å². The van der Waals surface area contributed by atoms with Gasteiger partial charge in [0, 0.05) is 25.5 Å². The maximum Gasteiger partial charge on any atom is 0.163 e. The van der Waals surface area contributed by atoms with Crippen LogP contribution in [0.15, 0.2) is 18.3 Å². The number of nitrogens with zero attached hydrogens (tertiary/aromatic N) is 3. The Morgan fingerprint density at radius 1 is 1.42 bits per heavy atom. The van der Waals surface area contributed by atoms with E-state index in [0.717, 1.165) is 18.7 Å². The molecule has 1 atom stereocenters. The molecule has 0 bridgehead atoms. The van der Waals surface area contributed by atoms with Gasteiger partial charge in [0.05, 0.1) is 10.9 Å². The lowest BCUT2D eigenvalue weighted by molar-refractivity contribution is 0.573. The Morgan fingerprint density at radius 2 is 2.21 bits per heavy atom. The van der Waals surface area contributed by atoms with E-state index >= 15 is 0 Å². The summed E-state index contributed by atoms with van der Waals surface area (Å²) in [7, 11) is -2.98. The topological polar surface area (TPSA) is 74.1 Å². The standard InChI is InChI=1S/C13H17N3O2S/c1-19(17,18)11-4-3-8-16(9-6-11)13-5-2-7-15-12(13)10-14/h2,5,7,11H,3-4,6,8-9H2,1H3/t11-/m0/s1. The molecular formula is C13H17N3O2S. The van der Waals surface area contributed by atoms with Crippen molar-refractivity contribution >= 4 is 15.5 Å². The van der Waals surface area contributed by atoms with Crippen LogP contribution in [0.2, 0.25) is 0 Å². The molecular weight excluding hydrogens is 262 g/mol. The number of nitriles is 1. The van der Waals surface area contributed by atoms with E-state index in [-0.39, 0.29) is 5.25 Å². The highest BCUT2D eigenvalue weighted by molar-refractivity contribution is 7.91. The van der Waals surface area contributed by atoms with E-state index in [9.17, 15) is 8.42 Å². The Kier molecular flexibility index (Phi) is 4.05. The summed E-state index contributed by atoms with van der Waals surface area (Å²) in [6, 6.07) is 5.75. The molecule has 1 saturated heterocycles. The van der Waals surface area contributed by atoms with Crippen molar-refractivity contribution < 1.29 is 8.42 Å². The molecule has 0 spiro atoms. The lowest BCUT2D eigenvalue weighted by Crippen LogP contribution is -2.27. The average Bonchev–Trinajstić information content (AvgIpc) is 2.64. The van der Waals surface area contributed by atoms with Crippen molar-refractivity contribution in [2.75, 3.05) is 24.2 Å². The highest BCUT2D eigenvalue weighted by Crippen LogP contribution is 2.24. The molecule has 0 radical (unpaired) electrons. The first-order valence-electron chi connectivity index (χ1n) is 6.31. The number of hydrogen-bond acceptors (Lipinski definition) is 5. The fraction of sp³-hybridized carbons (Fsp3) is 0.538. The minimum atomic E-state index is -2.98. The van der Waals surface area contributed by atoms with E-state index in [0.29, 0.717) is 25.1 Å². The summed E-state index contributed by atoms with van der Waals surface area (Å²) in [5, 5.41) is 8.80. The first-order valence-corrected chi connectivity index (χ1v) is 8.27. The first-order chi connectivity index (χ1) is 9.02. The maximum absolute atomic E-state index is 11.6. The molecule has 0 amide bonds. The minimum absolute atomic E-state index is 0.264. The number of sulfone groups is 1. The zero-order chi connectivity index (χ0) is 13.9. The van der Waals surface area contributed by atoms with E-state index in [1.165, 1.54) is 6.26 Å². The smallest absolute Gasteiger partial charge is 0.163 e. The number of aromatic nitrogens is 1. The SMILES string of the molecule is CS(=O)(=O)[C@H]1CCCN(c2cccnc2C#N)CC1. The number of anilines is 1. The fourth-order valence-corrected chi connectivity index (χ4v) is 3.60. The molecule has 1 aliphatic heterocycles. The van der Waals surface area contributed by atoms with Crippen LogP contribution in [0.3, 0.4) is 0 Å². The highest BCUT2D eigenvalue weighted by atomic mass is 32.2. The molecule has 1 fully saturated rings. The lowest BCUT2D eigenvalue weighted by atomic mass is 10.2. The van der Waals surface area contributed by atoms with Crippen molar-refractivity contribution in [1.82, 2.24) is 4.98 Å². The molecule has 5 nitrogen and oxygen atoms in total. The van der Waals surface area contributed by atoms with E-state index in [1.807, 2.05) is 6.07 Å². The van der Waals surface area contributed by atoms with Crippen molar-refractivity contribution in [3.8, 4) is 6.07 Å². The van der Waals surface area contributed by atoms with E-state index in [4.69, 9.17) is 5.26 Å². The third-order valence-corrected chi connectivity index (χ3v) is 5.20. The normalized spacial score (nSPS) is 20.6. The summed E-state index contributed by atoms with van der Waals surface area (Å²) in [5.74, 6) is 0. The summed E-state index contributed by atoms with van der Waals surface area (Å²) in [5.41, 5.74) is 1.21. The van der Waals surface area contributed by atoms with Crippen LogP contribution in [0.25, 0.3) is 0 Å². The molecule has 2 heterocycles. The van der Waals surface area contributed by atoms with Gasteiger partial charge in [-0.15, -0.1) is 0 Å². The van der Waals surface area contributed by atoms with Crippen molar-refractivity contribution in [1.29, 1.82) is 5.26 Å². The number of rotatable bonds is 2. The molecule has 0 saturated carbocycles. The number of hydrogen-bond donors (Lipinski definition) is 0. The van der Waals surface area contributed by atoms with Crippen LogP contribution in [0, 0.1) is 11.3 Å². The Morgan fingerprint density at radius 3 is 2.89 bits per heavy atom. The van der Waals surface area contributed by atoms with Crippen LogP contribution in [0.1, 0.15) is 25.0 Å². The van der Waals surface area contributed by atoms with E-state index in [2.05, 4.69) is 16.0 Å². The summed E-state index contributed by atoms with van der Waals surface area (Å²) in [4.78, 5) is 6.12. The zero-order valence-corrected chi connectivity index (χ0v) is 11.7. The molecule has 0 N–H and O–H groups in total. The third-order valence-electron chi connectivity index (χ3n) is 3.51. The molecule has 1 aromatic heterocycles. The van der Waals surface area contributed by atoms with Gasteiger partial charge in [0.2, 0.25) is 0 Å². The molecule has 0 unspecified atom stereocenters. The second-order valence-electron chi connectivity index (χ2n) is 4.85. The Bertz CT molecular complexity index is 592. The second kappa shape index (κ2) is 5.57. The summed E-state index contributed by atoms with van der Waals surface area (Å²) in [6.45, 7) is 1.42. The Labute approximate surface area is 113 Å². The quantitative estimate of drug-likeness (QED) is 0.817. The predicted octanol–water partition coefficient (Wildman–Crippen LogP) is 1.36. The van der Waals surface area contributed by atoms with Crippen LogP contribution in [0.4, 0.5) is 5.69 Å². The molecule has 2 rings (SSSR count). The first kappa shape index (κ1) is 13.8. The van der Waals surface area contributed by atoms with Gasteiger partial charge < -0.3 is 4.90 Å². The number of pyridine rings is 1. The molecule has 0 aromatic carbocycles. The van der Waals surface area contributed by atoms with Gasteiger partial charge in [-0.3, -0.25) is 0 Å². The second-order valence-corrected chi connectivity index (χ2v) is 7.18. The van der Waals surface area contributed by atoms with Gasteiger partial charge in [-0.25, -0.2) is 13.4 Å². The summed E-state index contributed by atoms with van der Waals surface area (Å²) < 4.78 is 23.2. The van der Waals surface area contributed by atoms with Gasteiger partial charge in [0.1, 0.15) is 15.9 Å². The van der Waals surface area contributed by atoms with Crippen molar-refractivity contribution in [3.05, 3.63) is 24.0 Å². The van der Waals surface area contributed by atoms with E-state index in [1.54, 1.807) is 12.3 Å². The minimum Gasteiger partial charge on any atom is -0.369 e. The van der Waals surface area contributed by atoms with Gasteiger partial charge in [-0.05, 0) is 31.4 Å². The average molecular weight is 279 g/mol. The molecule has 1 aliphatic rings. The largest absolute Gasteiger partial charge is 0.369 e. The lowest BCUT2D eigenvalue weighted by Gasteiger charge is -2.23. The Balaban J connectivity index is 2.18. The van der Waals surface area contributed by atoms with Gasteiger partial charge in [-0.1, -0.05) is 0 Å². The van der Waals surface area contributed by atoms with Crippen LogP contribution in [-0.2, 0) is 9.84 Å². The van der Waals surface area contributed by atoms with Crippen LogP contribution >= 0.6 is 0 Å². The monoisotopic (exact) mass is 279 g/mol. The Hall–Kier alpha value is -1.61. The van der Waals surface area contributed by atoms with Gasteiger partial charge >= 0.3 is 0 Å². The maximum atomic E-state index is 11.6. The fourth-order valence-electron chi connectivity index (χ4n) is 2.47. The molecule has 0 aliphatic carbocycles.